The number of hydrogen-bond donors (Lipinski definition) is 3. The van der Waals surface area contributed by atoms with Crippen LogP contribution in [0, 0.1) is 5.92 Å². The predicted molar refractivity (Wildman–Crippen MR) is 69.2 cm³/mol. The van der Waals surface area contributed by atoms with Crippen molar-refractivity contribution in [3.8, 4) is 0 Å². The number of pyridine rings is 1. The van der Waals surface area contributed by atoms with Gasteiger partial charge in [-0.25, -0.2) is 10.8 Å². The summed E-state index contributed by atoms with van der Waals surface area (Å²) in [4.78, 5) is 4.33. The summed E-state index contributed by atoms with van der Waals surface area (Å²) >= 11 is 0. The molecule has 1 unspecified atom stereocenters. The van der Waals surface area contributed by atoms with Gasteiger partial charge in [-0.05, 0) is 25.0 Å². The first-order valence-corrected chi connectivity index (χ1v) is 5.91. The summed E-state index contributed by atoms with van der Waals surface area (Å²) in [6.07, 6.45) is 2.36. The van der Waals surface area contributed by atoms with E-state index in [4.69, 9.17) is 5.84 Å². The Morgan fingerprint density at radius 3 is 2.44 bits per heavy atom. The molecule has 0 amide bonds. The van der Waals surface area contributed by atoms with Crippen molar-refractivity contribution in [3.63, 3.8) is 0 Å². The molecule has 1 atom stereocenters. The Hall–Kier alpha value is -1.29. The van der Waals surface area contributed by atoms with Crippen molar-refractivity contribution in [1.82, 2.24) is 4.98 Å². The number of aromatic nitrogens is 1. The molecule has 90 valence electrons. The molecule has 4 heteroatoms. The molecule has 0 saturated heterocycles. The van der Waals surface area contributed by atoms with E-state index in [2.05, 4.69) is 36.5 Å². The van der Waals surface area contributed by atoms with E-state index in [-0.39, 0.29) is 0 Å². The zero-order valence-electron chi connectivity index (χ0n) is 10.3. The first kappa shape index (κ1) is 12.8. The highest BCUT2D eigenvalue weighted by atomic mass is 15.3. The Balaban J connectivity index is 2.64. The number of nitrogens with zero attached hydrogens (tertiary/aromatic N) is 1. The van der Waals surface area contributed by atoms with Crippen LogP contribution < -0.4 is 16.6 Å². The Morgan fingerprint density at radius 1 is 1.25 bits per heavy atom. The van der Waals surface area contributed by atoms with Gasteiger partial charge in [0.2, 0.25) is 0 Å². The first-order valence-electron chi connectivity index (χ1n) is 5.91. The number of rotatable bonds is 6. The maximum absolute atomic E-state index is 5.32. The minimum atomic E-state index is 0.426. The van der Waals surface area contributed by atoms with E-state index in [9.17, 15) is 0 Å². The van der Waals surface area contributed by atoms with Crippen LogP contribution in [-0.4, -0.2) is 11.0 Å². The van der Waals surface area contributed by atoms with Gasteiger partial charge >= 0.3 is 0 Å². The van der Waals surface area contributed by atoms with Gasteiger partial charge in [-0.2, -0.15) is 0 Å². The fraction of sp³-hybridized carbons (Fsp3) is 0.583. The third-order valence-corrected chi connectivity index (χ3v) is 3.03. The third kappa shape index (κ3) is 3.38. The lowest BCUT2D eigenvalue weighted by molar-refractivity contribution is 0.437. The molecular weight excluding hydrogens is 200 g/mol. The lowest BCUT2D eigenvalue weighted by Gasteiger charge is -2.23. The number of hydrazine groups is 1. The van der Waals surface area contributed by atoms with Crippen LogP contribution in [0.2, 0.25) is 0 Å². The summed E-state index contributed by atoms with van der Waals surface area (Å²) in [6.45, 7) is 6.64. The summed E-state index contributed by atoms with van der Waals surface area (Å²) in [7, 11) is 0. The molecule has 0 aliphatic heterocycles. The molecule has 0 aliphatic rings. The molecule has 1 rings (SSSR count). The summed E-state index contributed by atoms with van der Waals surface area (Å²) in [5, 5.41) is 3.41. The smallest absolute Gasteiger partial charge is 0.142 e. The maximum atomic E-state index is 5.32. The van der Waals surface area contributed by atoms with E-state index in [1.807, 2.05) is 18.2 Å². The first-order chi connectivity index (χ1) is 7.71. The van der Waals surface area contributed by atoms with Crippen LogP contribution in [0.5, 0.6) is 0 Å². The van der Waals surface area contributed by atoms with Gasteiger partial charge in [-0.1, -0.05) is 32.8 Å². The Bertz CT molecular complexity index is 310. The molecule has 0 saturated carbocycles. The van der Waals surface area contributed by atoms with Gasteiger partial charge in [-0.3, -0.25) is 0 Å². The highest BCUT2D eigenvalue weighted by molar-refractivity contribution is 5.44. The average Bonchev–Trinajstić information content (AvgIpc) is 2.31. The molecule has 1 aromatic rings. The van der Waals surface area contributed by atoms with Gasteiger partial charge < -0.3 is 10.7 Å². The quantitative estimate of drug-likeness (QED) is 0.511. The maximum Gasteiger partial charge on any atom is 0.142 e. The van der Waals surface area contributed by atoms with Gasteiger partial charge in [0.15, 0.2) is 0 Å². The summed E-state index contributed by atoms with van der Waals surface area (Å²) < 4.78 is 0. The molecule has 0 spiro atoms. The van der Waals surface area contributed by atoms with Gasteiger partial charge in [0.25, 0.3) is 0 Å². The molecule has 4 nitrogen and oxygen atoms in total. The van der Waals surface area contributed by atoms with Gasteiger partial charge in [0, 0.05) is 6.04 Å². The predicted octanol–water partition coefficient (Wildman–Crippen LogP) is 2.60. The summed E-state index contributed by atoms with van der Waals surface area (Å²) in [5.41, 5.74) is 2.55. The van der Waals surface area contributed by atoms with Crippen molar-refractivity contribution < 1.29 is 0 Å². The second-order valence-electron chi connectivity index (χ2n) is 4.06. The van der Waals surface area contributed by atoms with E-state index in [0.717, 1.165) is 5.82 Å². The van der Waals surface area contributed by atoms with Crippen molar-refractivity contribution >= 4 is 11.6 Å². The standard InChI is InChI=1S/C12H22N4/c1-4-10(5-2)9(3)14-11-7-6-8-12(15-11)16-13/h6-10H,4-5,13H2,1-3H3,(H2,14,15,16). The van der Waals surface area contributed by atoms with Crippen LogP contribution in [0.1, 0.15) is 33.6 Å². The van der Waals surface area contributed by atoms with Crippen LogP contribution in [-0.2, 0) is 0 Å². The van der Waals surface area contributed by atoms with E-state index in [0.29, 0.717) is 17.8 Å². The zero-order chi connectivity index (χ0) is 12.0. The number of hydrogen-bond acceptors (Lipinski definition) is 4. The third-order valence-electron chi connectivity index (χ3n) is 3.03. The van der Waals surface area contributed by atoms with Crippen molar-refractivity contribution in [3.05, 3.63) is 18.2 Å². The molecule has 1 heterocycles. The van der Waals surface area contributed by atoms with Gasteiger partial charge in [0.05, 0.1) is 0 Å². The average molecular weight is 222 g/mol. The van der Waals surface area contributed by atoms with Crippen molar-refractivity contribution in [1.29, 1.82) is 0 Å². The van der Waals surface area contributed by atoms with E-state index in [1.165, 1.54) is 12.8 Å². The van der Waals surface area contributed by atoms with E-state index in [1.54, 1.807) is 0 Å². The molecule has 0 aromatic carbocycles. The minimum Gasteiger partial charge on any atom is -0.367 e. The van der Waals surface area contributed by atoms with Crippen LogP contribution in [0.4, 0.5) is 11.6 Å². The van der Waals surface area contributed by atoms with E-state index >= 15 is 0 Å². The Morgan fingerprint density at radius 2 is 1.88 bits per heavy atom. The van der Waals surface area contributed by atoms with Crippen LogP contribution in [0.25, 0.3) is 0 Å². The largest absolute Gasteiger partial charge is 0.367 e. The monoisotopic (exact) mass is 222 g/mol. The zero-order valence-corrected chi connectivity index (χ0v) is 10.3. The number of anilines is 2. The number of nitrogens with two attached hydrogens (primary N) is 1. The molecule has 1 aromatic heterocycles. The summed E-state index contributed by atoms with van der Waals surface area (Å²) in [6, 6.07) is 6.16. The lowest BCUT2D eigenvalue weighted by Crippen LogP contribution is -2.25. The van der Waals surface area contributed by atoms with Crippen LogP contribution in [0.3, 0.4) is 0 Å². The fourth-order valence-electron chi connectivity index (χ4n) is 1.94. The second-order valence-corrected chi connectivity index (χ2v) is 4.06. The SMILES string of the molecule is CCC(CC)C(C)Nc1cccc(NN)n1. The molecule has 0 bridgehead atoms. The van der Waals surface area contributed by atoms with Crippen LogP contribution in [0.15, 0.2) is 18.2 Å². The van der Waals surface area contributed by atoms with Crippen molar-refractivity contribution in [2.24, 2.45) is 11.8 Å². The van der Waals surface area contributed by atoms with Crippen molar-refractivity contribution in [2.45, 2.75) is 39.7 Å². The number of nitrogens with one attached hydrogen (secondary N) is 2. The van der Waals surface area contributed by atoms with Crippen LogP contribution >= 0.6 is 0 Å². The molecule has 0 fully saturated rings. The molecule has 0 radical (unpaired) electrons. The minimum absolute atomic E-state index is 0.426. The molecule has 4 N–H and O–H groups in total. The topological polar surface area (TPSA) is 63.0 Å². The summed E-state index contributed by atoms with van der Waals surface area (Å²) in [5.74, 6) is 7.55. The normalized spacial score (nSPS) is 12.6. The molecule has 16 heavy (non-hydrogen) atoms. The fourth-order valence-corrected chi connectivity index (χ4v) is 1.94. The molecule has 0 aliphatic carbocycles. The Labute approximate surface area is 97.6 Å². The second kappa shape index (κ2) is 6.33. The van der Waals surface area contributed by atoms with Gasteiger partial charge in [-0.15, -0.1) is 0 Å². The molecular formula is C12H22N4. The Kier molecular flexibility index (Phi) is 5.05. The number of nitrogen functional groups attached to an aromatic ring is 1. The van der Waals surface area contributed by atoms with Gasteiger partial charge in [0.1, 0.15) is 11.6 Å². The van der Waals surface area contributed by atoms with Crippen molar-refractivity contribution in [2.75, 3.05) is 10.7 Å². The van der Waals surface area contributed by atoms with E-state index < -0.39 is 0 Å². The lowest BCUT2D eigenvalue weighted by atomic mass is 9.95. The highest BCUT2D eigenvalue weighted by Crippen LogP contribution is 2.17. The highest BCUT2D eigenvalue weighted by Gasteiger charge is 2.13.